The minimum absolute atomic E-state index is 0.0411. The van der Waals surface area contributed by atoms with E-state index in [9.17, 15) is 4.79 Å². The number of likely N-dealkylation sites (N-methyl/N-ethyl adjacent to an activating group) is 1. The van der Waals surface area contributed by atoms with Gasteiger partial charge in [-0.2, -0.15) is 0 Å². The lowest BCUT2D eigenvalue weighted by molar-refractivity contribution is -0.116. The second kappa shape index (κ2) is 5.62. The summed E-state index contributed by atoms with van der Waals surface area (Å²) in [5.74, 6) is -0.0411. The van der Waals surface area contributed by atoms with Crippen molar-refractivity contribution in [2.75, 3.05) is 18.5 Å². The Balaban J connectivity index is 2.26. The third-order valence-corrected chi connectivity index (χ3v) is 4.38. The van der Waals surface area contributed by atoms with Crippen molar-refractivity contribution in [3.8, 4) is 0 Å². The van der Waals surface area contributed by atoms with Crippen molar-refractivity contribution in [2.45, 2.75) is 0 Å². The zero-order valence-corrected chi connectivity index (χ0v) is 13.6. The van der Waals surface area contributed by atoms with Crippen molar-refractivity contribution >= 4 is 44.8 Å². The fourth-order valence-corrected chi connectivity index (χ4v) is 2.99. The molecular formula is C16H12BrClN2O. The molecule has 5 heteroatoms. The molecule has 0 saturated carbocycles. The molecule has 3 nitrogen and oxygen atoms in total. The first-order valence-corrected chi connectivity index (χ1v) is 7.61. The average Bonchev–Trinajstić information content (AvgIpc) is 2.59. The van der Waals surface area contributed by atoms with E-state index < -0.39 is 0 Å². The normalized spacial score (nSPS) is 14.5. The van der Waals surface area contributed by atoms with Crippen LogP contribution in [0.25, 0.3) is 0 Å². The van der Waals surface area contributed by atoms with Crippen LogP contribution < -0.4 is 4.90 Å². The lowest BCUT2D eigenvalue weighted by Crippen LogP contribution is -2.27. The molecule has 0 atom stereocenters. The van der Waals surface area contributed by atoms with Crippen LogP contribution in [0.5, 0.6) is 0 Å². The molecule has 3 rings (SSSR count). The topological polar surface area (TPSA) is 32.7 Å². The minimum Gasteiger partial charge on any atom is -0.313 e. The first-order valence-electron chi connectivity index (χ1n) is 6.44. The molecule has 0 aromatic heterocycles. The molecule has 0 aliphatic carbocycles. The molecule has 21 heavy (non-hydrogen) atoms. The van der Waals surface area contributed by atoms with Crippen LogP contribution in [0.15, 0.2) is 51.9 Å². The monoisotopic (exact) mass is 362 g/mol. The van der Waals surface area contributed by atoms with Gasteiger partial charge in [-0.15, -0.1) is 0 Å². The van der Waals surface area contributed by atoms with Gasteiger partial charge >= 0.3 is 0 Å². The Morgan fingerprint density at radius 3 is 2.71 bits per heavy atom. The summed E-state index contributed by atoms with van der Waals surface area (Å²) in [4.78, 5) is 18.2. The molecular weight excluding hydrogens is 352 g/mol. The van der Waals surface area contributed by atoms with E-state index in [0.717, 1.165) is 27.0 Å². The highest BCUT2D eigenvalue weighted by Gasteiger charge is 2.23. The quantitative estimate of drug-likeness (QED) is 0.756. The van der Waals surface area contributed by atoms with Crippen molar-refractivity contribution < 1.29 is 4.79 Å². The van der Waals surface area contributed by atoms with Gasteiger partial charge in [-0.1, -0.05) is 45.7 Å². The number of anilines is 1. The highest BCUT2D eigenvalue weighted by Crippen LogP contribution is 2.30. The van der Waals surface area contributed by atoms with Crippen LogP contribution in [0.3, 0.4) is 0 Å². The van der Waals surface area contributed by atoms with Crippen LogP contribution in [0.4, 0.5) is 5.69 Å². The molecule has 1 aliphatic heterocycles. The van der Waals surface area contributed by atoms with Crippen molar-refractivity contribution in [2.24, 2.45) is 4.99 Å². The number of aliphatic imine (C=N–C) groups is 1. The second-order valence-electron chi connectivity index (χ2n) is 4.76. The van der Waals surface area contributed by atoms with Gasteiger partial charge < -0.3 is 4.90 Å². The molecule has 0 unspecified atom stereocenters. The molecule has 0 fully saturated rings. The van der Waals surface area contributed by atoms with E-state index >= 15 is 0 Å². The van der Waals surface area contributed by atoms with Crippen LogP contribution in [0, 0.1) is 0 Å². The Labute approximate surface area is 136 Å². The van der Waals surface area contributed by atoms with Crippen molar-refractivity contribution in [1.29, 1.82) is 0 Å². The van der Waals surface area contributed by atoms with E-state index in [1.54, 1.807) is 18.0 Å². The van der Waals surface area contributed by atoms with Gasteiger partial charge in [0, 0.05) is 27.7 Å². The maximum absolute atomic E-state index is 12.1. The lowest BCUT2D eigenvalue weighted by atomic mass is 10.0. The first kappa shape index (κ1) is 14.3. The van der Waals surface area contributed by atoms with E-state index in [-0.39, 0.29) is 12.5 Å². The number of benzodiazepines with no additional fused rings is 1. The largest absolute Gasteiger partial charge is 0.313 e. The van der Waals surface area contributed by atoms with Crippen molar-refractivity contribution in [3.05, 3.63) is 63.1 Å². The molecule has 1 amide bonds. The predicted octanol–water partition coefficient (Wildman–Crippen LogP) is 3.92. The van der Waals surface area contributed by atoms with Crippen LogP contribution in [-0.4, -0.2) is 25.2 Å². The Morgan fingerprint density at radius 2 is 1.95 bits per heavy atom. The average molecular weight is 364 g/mol. The Bertz CT molecular complexity index is 758. The second-order valence-corrected chi connectivity index (χ2v) is 6.05. The standard InChI is InChI=1S/C16H12BrClN2O/c1-20-14-7-6-10(18)8-12(14)16(19-9-15(20)21)11-4-2-3-5-13(11)17/h2-8H,9H2,1H3. The number of hydrogen-bond acceptors (Lipinski definition) is 2. The number of benzene rings is 2. The summed E-state index contributed by atoms with van der Waals surface area (Å²) < 4.78 is 0.937. The number of carbonyl (C=O) groups is 1. The van der Waals surface area contributed by atoms with Gasteiger partial charge in [-0.3, -0.25) is 9.79 Å². The summed E-state index contributed by atoms with van der Waals surface area (Å²) in [6, 6.07) is 13.3. The van der Waals surface area contributed by atoms with Gasteiger partial charge in [0.1, 0.15) is 6.54 Å². The number of halogens is 2. The lowest BCUT2D eigenvalue weighted by Gasteiger charge is -2.18. The highest BCUT2D eigenvalue weighted by molar-refractivity contribution is 9.10. The van der Waals surface area contributed by atoms with Crippen molar-refractivity contribution in [3.63, 3.8) is 0 Å². The van der Waals surface area contributed by atoms with Gasteiger partial charge in [0.15, 0.2) is 0 Å². The molecule has 1 heterocycles. The first-order chi connectivity index (χ1) is 10.1. The maximum atomic E-state index is 12.1. The highest BCUT2D eigenvalue weighted by atomic mass is 79.9. The summed E-state index contributed by atoms with van der Waals surface area (Å²) in [5.41, 5.74) is 3.40. The van der Waals surface area contributed by atoms with Gasteiger partial charge in [0.05, 0.1) is 11.4 Å². The van der Waals surface area contributed by atoms with Crippen LogP contribution in [0.2, 0.25) is 5.02 Å². The van der Waals surface area contributed by atoms with Gasteiger partial charge in [-0.05, 0) is 24.3 Å². The molecule has 0 N–H and O–H groups in total. The van der Waals surface area contributed by atoms with Gasteiger partial charge in [0.2, 0.25) is 5.91 Å². The van der Waals surface area contributed by atoms with E-state index in [1.165, 1.54) is 0 Å². The molecule has 0 radical (unpaired) electrons. The Kier molecular flexibility index (Phi) is 3.83. The number of amides is 1. The number of rotatable bonds is 1. The number of nitrogens with zero attached hydrogens (tertiary/aromatic N) is 2. The van der Waals surface area contributed by atoms with E-state index in [0.29, 0.717) is 5.02 Å². The summed E-state index contributed by atoms with van der Waals surface area (Å²) >= 11 is 9.68. The summed E-state index contributed by atoms with van der Waals surface area (Å²) in [7, 11) is 1.76. The molecule has 2 aromatic rings. The fraction of sp³-hybridized carbons (Fsp3) is 0.125. The third-order valence-electron chi connectivity index (χ3n) is 3.45. The SMILES string of the molecule is CN1C(=O)CN=C(c2ccccc2Br)c2cc(Cl)ccc21. The van der Waals surface area contributed by atoms with E-state index in [2.05, 4.69) is 20.9 Å². The zero-order valence-electron chi connectivity index (χ0n) is 11.3. The third kappa shape index (κ3) is 2.61. The van der Waals surface area contributed by atoms with Crippen LogP contribution in [0.1, 0.15) is 11.1 Å². The van der Waals surface area contributed by atoms with Gasteiger partial charge in [-0.25, -0.2) is 0 Å². The summed E-state index contributed by atoms with van der Waals surface area (Å²) in [6.07, 6.45) is 0. The Hall–Kier alpha value is -1.65. The fourth-order valence-electron chi connectivity index (χ4n) is 2.35. The molecule has 1 aliphatic rings. The predicted molar refractivity (Wildman–Crippen MR) is 89.5 cm³/mol. The molecule has 106 valence electrons. The van der Waals surface area contributed by atoms with Crippen LogP contribution >= 0.6 is 27.5 Å². The molecule has 0 bridgehead atoms. The molecule has 0 spiro atoms. The molecule has 2 aromatic carbocycles. The summed E-state index contributed by atoms with van der Waals surface area (Å²) in [5, 5.41) is 0.622. The number of hydrogen-bond donors (Lipinski definition) is 0. The van der Waals surface area contributed by atoms with E-state index in [4.69, 9.17) is 11.6 Å². The maximum Gasteiger partial charge on any atom is 0.248 e. The minimum atomic E-state index is -0.0411. The smallest absolute Gasteiger partial charge is 0.248 e. The van der Waals surface area contributed by atoms with Gasteiger partial charge in [0.25, 0.3) is 0 Å². The number of fused-ring (bicyclic) bond motifs is 1. The number of carbonyl (C=O) groups excluding carboxylic acids is 1. The zero-order chi connectivity index (χ0) is 15.0. The molecule has 0 saturated heterocycles. The van der Waals surface area contributed by atoms with E-state index in [1.807, 2.05) is 36.4 Å². The summed E-state index contributed by atoms with van der Waals surface area (Å²) in [6.45, 7) is 0.124. The Morgan fingerprint density at radius 1 is 1.19 bits per heavy atom. The van der Waals surface area contributed by atoms with Crippen molar-refractivity contribution in [1.82, 2.24) is 0 Å². The van der Waals surface area contributed by atoms with Crippen LogP contribution in [-0.2, 0) is 4.79 Å².